The maximum absolute atomic E-state index is 12.3. The molecule has 0 spiro atoms. The summed E-state index contributed by atoms with van der Waals surface area (Å²) < 4.78 is 33.0. The van der Waals surface area contributed by atoms with Crippen molar-refractivity contribution in [2.75, 3.05) is 11.3 Å². The van der Waals surface area contributed by atoms with E-state index in [0.717, 1.165) is 4.34 Å². The third kappa shape index (κ3) is 4.59. The van der Waals surface area contributed by atoms with Crippen molar-refractivity contribution >= 4 is 38.3 Å². The van der Waals surface area contributed by atoms with Gasteiger partial charge >= 0.3 is 0 Å². The molecule has 1 heterocycles. The number of hydrogen-bond acceptors (Lipinski definition) is 7. The number of anilines is 1. The Morgan fingerprint density at radius 3 is 2.55 bits per heavy atom. The summed E-state index contributed by atoms with van der Waals surface area (Å²) in [5.74, 6) is 0.632. The molecule has 6 nitrogen and oxygen atoms in total. The average Bonchev–Trinajstić information content (AvgIpc) is 2.85. The van der Waals surface area contributed by atoms with Crippen molar-refractivity contribution in [1.29, 1.82) is 0 Å². The lowest BCUT2D eigenvalue weighted by Gasteiger charge is -2.06. The van der Waals surface area contributed by atoms with Crippen LogP contribution in [0.4, 0.5) is 5.13 Å². The molecule has 1 aromatic carbocycles. The summed E-state index contributed by atoms with van der Waals surface area (Å²) in [5.41, 5.74) is 0. The second-order valence-electron chi connectivity index (χ2n) is 4.55. The van der Waals surface area contributed by atoms with E-state index < -0.39 is 10.0 Å². The number of aromatic nitrogens is 2. The minimum Gasteiger partial charge on any atom is -0.494 e. The third-order valence-electron chi connectivity index (χ3n) is 2.41. The predicted octanol–water partition coefficient (Wildman–Crippen LogP) is 3.24. The molecule has 0 atom stereocenters. The van der Waals surface area contributed by atoms with Crippen molar-refractivity contribution < 1.29 is 13.2 Å². The van der Waals surface area contributed by atoms with Crippen LogP contribution in [-0.2, 0) is 10.0 Å². The summed E-state index contributed by atoms with van der Waals surface area (Å²) in [6, 6.07) is 6.24. The second kappa shape index (κ2) is 7.30. The SMILES string of the molecule is CCOc1ccc(S(=O)(=O)Nc2nnc(SC(C)C)s2)cc1. The Kier molecular flexibility index (Phi) is 5.65. The van der Waals surface area contributed by atoms with E-state index in [9.17, 15) is 8.42 Å². The summed E-state index contributed by atoms with van der Waals surface area (Å²) >= 11 is 2.76. The van der Waals surface area contributed by atoms with Crippen LogP contribution in [-0.4, -0.2) is 30.5 Å². The van der Waals surface area contributed by atoms with Crippen molar-refractivity contribution in [3.05, 3.63) is 24.3 Å². The average molecular weight is 359 g/mol. The van der Waals surface area contributed by atoms with E-state index in [4.69, 9.17) is 4.74 Å². The number of benzene rings is 1. The molecule has 0 aliphatic rings. The standard InChI is InChI=1S/C13H17N3O3S3/c1-4-19-10-5-7-11(8-6-10)22(17,18)16-12-14-15-13(21-12)20-9(2)3/h5-9H,4H2,1-3H3,(H,14,16). The zero-order valence-electron chi connectivity index (χ0n) is 12.4. The van der Waals surface area contributed by atoms with Crippen molar-refractivity contribution in [3.63, 3.8) is 0 Å². The first-order valence-electron chi connectivity index (χ1n) is 6.66. The van der Waals surface area contributed by atoms with Gasteiger partial charge in [0.05, 0.1) is 11.5 Å². The first-order valence-corrected chi connectivity index (χ1v) is 9.84. The highest BCUT2D eigenvalue weighted by Gasteiger charge is 2.17. The zero-order chi connectivity index (χ0) is 16.2. The fourth-order valence-electron chi connectivity index (χ4n) is 1.56. The van der Waals surface area contributed by atoms with Crippen LogP contribution in [0.25, 0.3) is 0 Å². The predicted molar refractivity (Wildman–Crippen MR) is 89.3 cm³/mol. The van der Waals surface area contributed by atoms with Gasteiger partial charge in [-0.15, -0.1) is 10.2 Å². The van der Waals surface area contributed by atoms with Crippen LogP contribution in [0.15, 0.2) is 33.5 Å². The van der Waals surface area contributed by atoms with Crippen LogP contribution in [0.2, 0.25) is 0 Å². The van der Waals surface area contributed by atoms with E-state index in [1.807, 2.05) is 20.8 Å². The molecule has 0 fully saturated rings. The minimum atomic E-state index is -3.67. The minimum absolute atomic E-state index is 0.157. The van der Waals surface area contributed by atoms with E-state index in [0.29, 0.717) is 17.6 Å². The molecule has 1 aromatic heterocycles. The van der Waals surface area contributed by atoms with Crippen molar-refractivity contribution in [2.24, 2.45) is 0 Å². The molecule has 0 bridgehead atoms. The topological polar surface area (TPSA) is 81.2 Å². The lowest BCUT2D eigenvalue weighted by atomic mass is 10.3. The monoisotopic (exact) mass is 359 g/mol. The van der Waals surface area contributed by atoms with Crippen LogP contribution < -0.4 is 9.46 Å². The third-order valence-corrected chi connectivity index (χ3v) is 5.82. The van der Waals surface area contributed by atoms with Crippen LogP contribution in [0, 0.1) is 0 Å². The lowest BCUT2D eigenvalue weighted by molar-refractivity contribution is 0.340. The van der Waals surface area contributed by atoms with Gasteiger partial charge in [-0.1, -0.05) is 36.9 Å². The Bertz CT molecular complexity index is 712. The molecule has 0 radical (unpaired) electrons. The molecule has 0 saturated heterocycles. The number of rotatable bonds is 7. The second-order valence-corrected chi connectivity index (χ2v) is 9.03. The van der Waals surface area contributed by atoms with Crippen molar-refractivity contribution in [1.82, 2.24) is 10.2 Å². The Labute approximate surface area is 138 Å². The van der Waals surface area contributed by atoms with Gasteiger partial charge < -0.3 is 4.74 Å². The van der Waals surface area contributed by atoms with Gasteiger partial charge in [-0.05, 0) is 31.2 Å². The van der Waals surface area contributed by atoms with Crippen LogP contribution in [0.5, 0.6) is 5.75 Å². The molecular weight excluding hydrogens is 342 g/mol. The Morgan fingerprint density at radius 1 is 1.27 bits per heavy atom. The van der Waals surface area contributed by atoms with Crippen LogP contribution in [0.3, 0.4) is 0 Å². The highest BCUT2D eigenvalue weighted by Crippen LogP contribution is 2.29. The van der Waals surface area contributed by atoms with Gasteiger partial charge in [-0.3, -0.25) is 4.72 Å². The largest absolute Gasteiger partial charge is 0.494 e. The quantitative estimate of drug-likeness (QED) is 0.764. The van der Waals surface area contributed by atoms with Gasteiger partial charge in [0.25, 0.3) is 10.0 Å². The number of thioether (sulfide) groups is 1. The first-order chi connectivity index (χ1) is 10.4. The molecular formula is C13H17N3O3S3. The van der Waals surface area contributed by atoms with Gasteiger partial charge in [0, 0.05) is 5.25 Å². The molecule has 2 rings (SSSR count). The van der Waals surface area contributed by atoms with Gasteiger partial charge in [0.15, 0.2) is 4.34 Å². The van der Waals surface area contributed by atoms with E-state index in [1.165, 1.54) is 23.5 Å². The lowest BCUT2D eigenvalue weighted by Crippen LogP contribution is -2.12. The fraction of sp³-hybridized carbons (Fsp3) is 0.385. The molecule has 9 heteroatoms. The summed E-state index contributed by atoms with van der Waals surface area (Å²) in [4.78, 5) is 0.157. The summed E-state index contributed by atoms with van der Waals surface area (Å²) in [7, 11) is -3.67. The van der Waals surface area contributed by atoms with Gasteiger partial charge in [-0.25, -0.2) is 8.42 Å². The van der Waals surface area contributed by atoms with Crippen molar-refractivity contribution in [2.45, 2.75) is 35.3 Å². The summed E-state index contributed by atoms with van der Waals surface area (Å²) in [6.45, 7) is 6.48. The highest BCUT2D eigenvalue weighted by atomic mass is 32.2. The van der Waals surface area contributed by atoms with Gasteiger partial charge in [-0.2, -0.15) is 0 Å². The van der Waals surface area contributed by atoms with E-state index in [-0.39, 0.29) is 10.0 Å². The smallest absolute Gasteiger partial charge is 0.263 e. The van der Waals surface area contributed by atoms with Crippen molar-refractivity contribution in [3.8, 4) is 5.75 Å². The van der Waals surface area contributed by atoms with E-state index >= 15 is 0 Å². The molecule has 0 unspecified atom stereocenters. The molecule has 1 N–H and O–H groups in total. The zero-order valence-corrected chi connectivity index (χ0v) is 14.9. The highest BCUT2D eigenvalue weighted by molar-refractivity contribution is 8.01. The van der Waals surface area contributed by atoms with Crippen LogP contribution in [0.1, 0.15) is 20.8 Å². The number of sulfonamides is 1. The summed E-state index contributed by atoms with van der Waals surface area (Å²) in [5, 5.41) is 8.44. The Morgan fingerprint density at radius 2 is 1.95 bits per heavy atom. The number of ether oxygens (including phenoxy) is 1. The normalized spacial score (nSPS) is 11.6. The van der Waals surface area contributed by atoms with E-state index in [1.54, 1.807) is 23.9 Å². The van der Waals surface area contributed by atoms with Gasteiger partial charge in [0.2, 0.25) is 5.13 Å². The Balaban J connectivity index is 2.11. The maximum Gasteiger partial charge on any atom is 0.263 e. The molecule has 0 aliphatic heterocycles. The van der Waals surface area contributed by atoms with Crippen LogP contribution >= 0.6 is 23.1 Å². The van der Waals surface area contributed by atoms with Gasteiger partial charge in [0.1, 0.15) is 5.75 Å². The molecule has 0 amide bonds. The number of hydrogen-bond donors (Lipinski definition) is 1. The molecule has 22 heavy (non-hydrogen) atoms. The molecule has 120 valence electrons. The number of nitrogens with one attached hydrogen (secondary N) is 1. The summed E-state index contributed by atoms with van der Waals surface area (Å²) in [6.07, 6.45) is 0. The molecule has 2 aromatic rings. The van der Waals surface area contributed by atoms with E-state index in [2.05, 4.69) is 14.9 Å². The Hall–Kier alpha value is -1.32. The maximum atomic E-state index is 12.3. The fourth-order valence-corrected chi connectivity index (χ4v) is 4.76. The molecule has 0 saturated carbocycles. The molecule has 0 aliphatic carbocycles. The number of nitrogens with zero attached hydrogens (tertiary/aromatic N) is 2. The first kappa shape index (κ1) is 17.0.